The van der Waals surface area contributed by atoms with E-state index in [1.54, 1.807) is 17.0 Å². The van der Waals surface area contributed by atoms with Crippen LogP contribution in [0.4, 0.5) is 0 Å². The zero-order valence-corrected chi connectivity index (χ0v) is 18.5. The lowest BCUT2D eigenvalue weighted by Gasteiger charge is -2.16. The number of hydrogen-bond acceptors (Lipinski definition) is 7. The number of aliphatic hydroxyl groups is 1. The van der Waals surface area contributed by atoms with Crippen LogP contribution in [0.5, 0.6) is 5.75 Å². The van der Waals surface area contributed by atoms with Crippen molar-refractivity contribution in [3.8, 4) is 16.9 Å². The summed E-state index contributed by atoms with van der Waals surface area (Å²) in [6.45, 7) is 5.62. The summed E-state index contributed by atoms with van der Waals surface area (Å²) in [4.78, 5) is 24.9. The largest absolute Gasteiger partial charge is 0.491 e. The molecule has 0 radical (unpaired) electrons. The number of nitrogens with zero attached hydrogens (tertiary/aromatic N) is 4. The second-order valence-electron chi connectivity index (χ2n) is 7.89. The van der Waals surface area contributed by atoms with Gasteiger partial charge < -0.3 is 19.4 Å². The van der Waals surface area contributed by atoms with E-state index in [1.807, 2.05) is 51.1 Å². The highest BCUT2D eigenvalue weighted by Crippen LogP contribution is 2.39. The Morgan fingerprint density at radius 1 is 1.24 bits per heavy atom. The van der Waals surface area contributed by atoms with Gasteiger partial charge in [0.05, 0.1) is 52.3 Å². The Bertz CT molecular complexity index is 1500. The molecular formula is C24H23N5O4. The first-order chi connectivity index (χ1) is 16.0. The van der Waals surface area contributed by atoms with Crippen LogP contribution in [0.2, 0.25) is 0 Å². The van der Waals surface area contributed by atoms with E-state index in [9.17, 15) is 9.90 Å². The maximum absolute atomic E-state index is 13.0. The Balaban J connectivity index is 1.80. The highest BCUT2D eigenvalue weighted by atomic mass is 16.5. The molecule has 168 valence electrons. The molecular weight excluding hydrogens is 422 g/mol. The smallest absolute Gasteiger partial charge is 0.327 e. The average molecular weight is 445 g/mol. The molecule has 9 nitrogen and oxygen atoms in total. The van der Waals surface area contributed by atoms with Crippen molar-refractivity contribution < 1.29 is 14.4 Å². The number of aliphatic hydroxyl groups excluding tert-OH is 1. The lowest BCUT2D eigenvalue weighted by Crippen LogP contribution is -2.21. The minimum atomic E-state index is -0.304. The Morgan fingerprint density at radius 3 is 2.79 bits per heavy atom. The molecule has 0 bridgehead atoms. The van der Waals surface area contributed by atoms with Gasteiger partial charge in [-0.25, -0.2) is 4.79 Å². The molecule has 0 amide bonds. The highest BCUT2D eigenvalue weighted by Gasteiger charge is 2.22. The van der Waals surface area contributed by atoms with E-state index in [-0.39, 0.29) is 24.9 Å². The Hall–Kier alpha value is -3.98. The molecule has 5 rings (SSSR count). The standard InChI is InChI=1S/C24H23N5O4/c1-13-22(15(3)33-28-13)17-10-19-16(11-21(17)32-9-8-30)23-20(12-26-19)27-24(31)29(23)14(2)18-6-4-5-7-25-18/h4-7,10-12,14,30H,8-9H2,1-3H3,(H,27,31). The zero-order valence-electron chi connectivity index (χ0n) is 18.5. The molecule has 0 saturated carbocycles. The minimum absolute atomic E-state index is 0.121. The number of imidazole rings is 1. The van der Waals surface area contributed by atoms with Gasteiger partial charge >= 0.3 is 5.69 Å². The third-order valence-corrected chi connectivity index (χ3v) is 5.80. The lowest BCUT2D eigenvalue weighted by atomic mass is 10.00. The molecule has 0 spiro atoms. The number of rotatable bonds is 6. The number of fused-ring (bicyclic) bond motifs is 3. The Morgan fingerprint density at radius 2 is 2.09 bits per heavy atom. The molecule has 2 N–H and O–H groups in total. The van der Waals surface area contributed by atoms with Crippen molar-refractivity contribution in [1.82, 2.24) is 24.7 Å². The van der Waals surface area contributed by atoms with Gasteiger partial charge in [0.2, 0.25) is 0 Å². The molecule has 1 unspecified atom stereocenters. The normalized spacial score (nSPS) is 12.5. The highest BCUT2D eigenvalue weighted by molar-refractivity contribution is 6.04. The predicted octanol–water partition coefficient (Wildman–Crippen LogP) is 3.53. The van der Waals surface area contributed by atoms with Crippen LogP contribution in [0, 0.1) is 13.8 Å². The summed E-state index contributed by atoms with van der Waals surface area (Å²) >= 11 is 0. The quantitative estimate of drug-likeness (QED) is 0.410. The van der Waals surface area contributed by atoms with Crippen LogP contribution in [-0.4, -0.2) is 43.0 Å². The second kappa shape index (κ2) is 8.18. The molecule has 0 aliphatic rings. The molecule has 4 heterocycles. The summed E-state index contributed by atoms with van der Waals surface area (Å²) in [5, 5.41) is 14.2. The first kappa shape index (κ1) is 20.9. The molecule has 1 atom stereocenters. The number of nitrogens with one attached hydrogen (secondary N) is 1. The Kier molecular flexibility index (Phi) is 5.18. The minimum Gasteiger partial charge on any atom is -0.491 e. The van der Waals surface area contributed by atoms with Gasteiger partial charge in [-0.05, 0) is 45.0 Å². The van der Waals surface area contributed by atoms with Crippen molar-refractivity contribution in [2.24, 2.45) is 0 Å². The molecule has 0 saturated heterocycles. The number of aromatic nitrogens is 5. The predicted molar refractivity (Wildman–Crippen MR) is 123 cm³/mol. The van der Waals surface area contributed by atoms with E-state index in [1.165, 1.54) is 0 Å². The number of benzene rings is 1. The lowest BCUT2D eigenvalue weighted by molar-refractivity contribution is 0.202. The first-order valence-corrected chi connectivity index (χ1v) is 10.6. The van der Waals surface area contributed by atoms with Crippen molar-refractivity contribution in [2.45, 2.75) is 26.8 Å². The topological polar surface area (TPSA) is 119 Å². The van der Waals surface area contributed by atoms with Crippen LogP contribution in [0.3, 0.4) is 0 Å². The number of H-pyrrole nitrogens is 1. The van der Waals surface area contributed by atoms with Gasteiger partial charge in [0, 0.05) is 17.1 Å². The second-order valence-corrected chi connectivity index (χ2v) is 7.89. The van der Waals surface area contributed by atoms with Crippen LogP contribution in [0.15, 0.2) is 52.0 Å². The molecule has 5 aromatic rings. The van der Waals surface area contributed by atoms with Gasteiger partial charge in [-0.2, -0.15) is 0 Å². The van der Waals surface area contributed by atoms with Gasteiger partial charge in [0.25, 0.3) is 0 Å². The zero-order chi connectivity index (χ0) is 23.1. The van der Waals surface area contributed by atoms with Gasteiger partial charge in [0.15, 0.2) is 0 Å². The number of pyridine rings is 2. The molecule has 4 aromatic heterocycles. The van der Waals surface area contributed by atoms with Crippen molar-refractivity contribution in [2.75, 3.05) is 13.2 Å². The summed E-state index contributed by atoms with van der Waals surface area (Å²) in [6.07, 6.45) is 3.37. The maximum Gasteiger partial charge on any atom is 0.327 e. The molecule has 0 aliphatic carbocycles. The van der Waals surface area contributed by atoms with E-state index < -0.39 is 0 Å². The summed E-state index contributed by atoms with van der Waals surface area (Å²) in [5.41, 5.74) is 4.86. The van der Waals surface area contributed by atoms with Gasteiger partial charge in [-0.1, -0.05) is 11.2 Å². The number of hydrogen-bond donors (Lipinski definition) is 2. The summed E-state index contributed by atoms with van der Waals surface area (Å²) in [5.74, 6) is 1.20. The van der Waals surface area contributed by atoms with Crippen LogP contribution < -0.4 is 10.4 Å². The SMILES string of the molecule is Cc1noc(C)c1-c1cc2ncc3[nH]c(=O)n(C(C)c4ccccn4)c3c2cc1OCCO. The summed E-state index contributed by atoms with van der Waals surface area (Å²) < 4.78 is 13.0. The molecule has 1 aromatic carbocycles. The number of ether oxygens (including phenoxy) is 1. The van der Waals surface area contributed by atoms with E-state index in [0.29, 0.717) is 28.1 Å². The van der Waals surface area contributed by atoms with Crippen molar-refractivity contribution >= 4 is 21.9 Å². The van der Waals surface area contributed by atoms with Crippen molar-refractivity contribution in [1.29, 1.82) is 0 Å². The van der Waals surface area contributed by atoms with Gasteiger partial charge in [-0.15, -0.1) is 0 Å². The Labute approximate surface area is 188 Å². The van der Waals surface area contributed by atoms with Gasteiger partial charge in [-0.3, -0.25) is 14.5 Å². The van der Waals surface area contributed by atoms with Crippen molar-refractivity contribution in [3.63, 3.8) is 0 Å². The molecule has 33 heavy (non-hydrogen) atoms. The van der Waals surface area contributed by atoms with Crippen LogP contribution in [0.1, 0.15) is 30.1 Å². The molecule has 9 heteroatoms. The first-order valence-electron chi connectivity index (χ1n) is 10.6. The summed E-state index contributed by atoms with van der Waals surface area (Å²) in [7, 11) is 0. The van der Waals surface area contributed by atoms with E-state index in [4.69, 9.17) is 9.26 Å². The monoisotopic (exact) mass is 445 g/mol. The fourth-order valence-corrected chi connectivity index (χ4v) is 4.30. The van der Waals surface area contributed by atoms with Crippen LogP contribution in [0.25, 0.3) is 33.1 Å². The molecule has 0 fully saturated rings. The number of aromatic amines is 1. The number of aryl methyl sites for hydroxylation is 2. The third-order valence-electron chi connectivity index (χ3n) is 5.80. The van der Waals surface area contributed by atoms with E-state index in [2.05, 4.69) is 20.1 Å². The van der Waals surface area contributed by atoms with Crippen molar-refractivity contribution in [3.05, 3.63) is 70.4 Å². The fraction of sp³-hybridized carbons (Fsp3) is 0.250. The van der Waals surface area contributed by atoms with Gasteiger partial charge in [0.1, 0.15) is 18.1 Å². The van der Waals surface area contributed by atoms with E-state index in [0.717, 1.165) is 27.9 Å². The third kappa shape index (κ3) is 3.46. The average Bonchev–Trinajstić information content (AvgIpc) is 3.34. The van der Waals surface area contributed by atoms with E-state index >= 15 is 0 Å². The van der Waals surface area contributed by atoms with Crippen LogP contribution in [-0.2, 0) is 0 Å². The fourth-order valence-electron chi connectivity index (χ4n) is 4.30. The summed E-state index contributed by atoms with van der Waals surface area (Å²) in [6, 6.07) is 9.09. The maximum atomic E-state index is 13.0. The molecule has 0 aliphatic heterocycles. The van der Waals surface area contributed by atoms with Crippen LogP contribution >= 0.6 is 0 Å².